The molecule has 1 aliphatic rings. The number of aromatic nitrogens is 2. The topological polar surface area (TPSA) is 76.6 Å². The predicted octanol–water partition coefficient (Wildman–Crippen LogP) is 1.68. The van der Waals surface area contributed by atoms with Crippen molar-refractivity contribution in [3.05, 3.63) is 12.3 Å². The molecule has 0 aromatic carbocycles. The van der Waals surface area contributed by atoms with Crippen LogP contribution in [0.2, 0.25) is 0 Å². The Labute approximate surface area is 120 Å². The van der Waals surface area contributed by atoms with Crippen LogP contribution >= 0.6 is 9.39 Å². The van der Waals surface area contributed by atoms with Gasteiger partial charge in [-0.3, -0.25) is 0 Å². The smallest absolute Gasteiger partial charge is 0.410 e. The van der Waals surface area contributed by atoms with Gasteiger partial charge in [-0.25, -0.2) is 9.78 Å². The minimum atomic E-state index is -0.477. The number of carbonyl (C=O) groups is 1. The molecular formula is C12H19N4O3P. The lowest BCUT2D eigenvalue weighted by Gasteiger charge is -2.39. The van der Waals surface area contributed by atoms with Crippen LogP contribution < -0.4 is 9.82 Å². The predicted molar refractivity (Wildman–Crippen MR) is 77.6 cm³/mol. The molecule has 7 nitrogen and oxygen atoms in total. The SMILES string of the molecule is CC(C)(C)OC(=O)N1CC(Oc2ccnc(NP)n2)C1. The number of anilines is 1. The summed E-state index contributed by atoms with van der Waals surface area (Å²) in [6, 6.07) is 1.68. The number of nitrogens with zero attached hydrogens (tertiary/aromatic N) is 3. The molecule has 1 N–H and O–H groups in total. The van der Waals surface area contributed by atoms with Crippen LogP contribution in [-0.4, -0.2) is 45.8 Å². The van der Waals surface area contributed by atoms with E-state index in [1.54, 1.807) is 17.2 Å². The summed E-state index contributed by atoms with van der Waals surface area (Å²) in [5.74, 6) is 0.953. The zero-order valence-electron chi connectivity index (χ0n) is 11.8. The van der Waals surface area contributed by atoms with Crippen LogP contribution in [0, 0.1) is 0 Å². The molecule has 1 aromatic rings. The molecule has 1 aromatic heterocycles. The molecule has 0 bridgehead atoms. The summed E-state index contributed by atoms with van der Waals surface area (Å²) in [5, 5.41) is 2.76. The highest BCUT2D eigenvalue weighted by molar-refractivity contribution is 7.18. The van der Waals surface area contributed by atoms with Crippen LogP contribution in [0.3, 0.4) is 0 Å². The number of carbonyl (C=O) groups excluding carboxylic acids is 1. The van der Waals surface area contributed by atoms with E-state index in [0.717, 1.165) is 0 Å². The number of nitrogens with one attached hydrogen (secondary N) is 1. The van der Waals surface area contributed by atoms with Crippen molar-refractivity contribution in [3.8, 4) is 5.88 Å². The van der Waals surface area contributed by atoms with E-state index in [1.165, 1.54) is 0 Å². The molecule has 2 heterocycles. The molecule has 2 rings (SSSR count). The van der Waals surface area contributed by atoms with E-state index >= 15 is 0 Å². The van der Waals surface area contributed by atoms with Gasteiger partial charge in [0.25, 0.3) is 0 Å². The first-order valence-corrected chi connectivity index (χ1v) is 6.89. The Kier molecular flexibility index (Phi) is 4.28. The lowest BCUT2D eigenvalue weighted by atomic mass is 10.2. The van der Waals surface area contributed by atoms with E-state index in [2.05, 4.69) is 24.4 Å². The van der Waals surface area contributed by atoms with Gasteiger partial charge in [-0.2, -0.15) is 4.98 Å². The fourth-order valence-corrected chi connectivity index (χ4v) is 1.78. The fraction of sp³-hybridized carbons (Fsp3) is 0.583. The van der Waals surface area contributed by atoms with Crippen LogP contribution in [0.15, 0.2) is 12.3 Å². The first-order valence-electron chi connectivity index (χ1n) is 6.31. The summed E-state index contributed by atoms with van der Waals surface area (Å²) in [4.78, 5) is 21.5. The van der Waals surface area contributed by atoms with Crippen molar-refractivity contribution in [1.82, 2.24) is 14.9 Å². The monoisotopic (exact) mass is 298 g/mol. The summed E-state index contributed by atoms with van der Waals surface area (Å²) in [6.45, 7) is 6.54. The zero-order chi connectivity index (χ0) is 14.8. The number of rotatable bonds is 3. The van der Waals surface area contributed by atoms with E-state index in [1.807, 2.05) is 20.8 Å². The van der Waals surface area contributed by atoms with E-state index in [4.69, 9.17) is 9.47 Å². The molecule has 1 aliphatic heterocycles. The molecule has 0 aliphatic carbocycles. The summed E-state index contributed by atoms with van der Waals surface area (Å²) in [7, 11) is 2.32. The molecule has 1 atom stereocenters. The molecule has 0 saturated carbocycles. The van der Waals surface area contributed by atoms with Crippen LogP contribution in [0.25, 0.3) is 0 Å². The van der Waals surface area contributed by atoms with Gasteiger partial charge in [0, 0.05) is 12.3 Å². The highest BCUT2D eigenvalue weighted by Gasteiger charge is 2.35. The molecule has 0 radical (unpaired) electrons. The summed E-state index contributed by atoms with van der Waals surface area (Å²) in [6.07, 6.45) is 1.24. The van der Waals surface area contributed by atoms with Gasteiger partial charge in [-0.05, 0) is 30.2 Å². The molecule has 1 unspecified atom stereocenters. The van der Waals surface area contributed by atoms with Crippen LogP contribution in [0.1, 0.15) is 20.8 Å². The van der Waals surface area contributed by atoms with Gasteiger partial charge >= 0.3 is 6.09 Å². The highest BCUT2D eigenvalue weighted by Crippen LogP contribution is 2.19. The lowest BCUT2D eigenvalue weighted by molar-refractivity contribution is -0.0232. The maximum Gasteiger partial charge on any atom is 0.410 e. The Hall–Kier alpha value is -1.62. The summed E-state index contributed by atoms with van der Waals surface area (Å²) in [5.41, 5.74) is -0.477. The van der Waals surface area contributed by atoms with Crippen LogP contribution in [0.4, 0.5) is 10.7 Å². The van der Waals surface area contributed by atoms with Crippen LogP contribution in [-0.2, 0) is 4.74 Å². The molecule has 8 heteroatoms. The second-order valence-electron chi connectivity index (χ2n) is 5.49. The maximum atomic E-state index is 11.7. The average molecular weight is 298 g/mol. The van der Waals surface area contributed by atoms with Crippen molar-refractivity contribution in [2.24, 2.45) is 0 Å². The number of amides is 1. The van der Waals surface area contributed by atoms with E-state index in [0.29, 0.717) is 24.9 Å². The van der Waals surface area contributed by atoms with Crippen molar-refractivity contribution in [1.29, 1.82) is 0 Å². The average Bonchev–Trinajstić information content (AvgIpc) is 2.31. The Morgan fingerprint density at radius 1 is 1.50 bits per heavy atom. The molecule has 1 fully saturated rings. The minimum Gasteiger partial charge on any atom is -0.470 e. The third-order valence-corrected chi connectivity index (χ3v) is 2.80. The Morgan fingerprint density at radius 2 is 2.20 bits per heavy atom. The molecule has 1 saturated heterocycles. The van der Waals surface area contributed by atoms with Gasteiger partial charge in [0.1, 0.15) is 11.7 Å². The van der Waals surface area contributed by atoms with Gasteiger partial charge in [0.05, 0.1) is 13.1 Å². The lowest BCUT2D eigenvalue weighted by Crippen LogP contribution is -2.57. The molecule has 0 spiro atoms. The minimum absolute atomic E-state index is 0.0604. The standard InChI is InChI=1S/C12H19N4O3P/c1-12(2,3)19-11(17)16-6-8(7-16)18-9-4-5-13-10(14-9)15-20/h4-5,8H,6-7,20H2,1-3H3,(H,13,14,15). The van der Waals surface area contributed by atoms with Gasteiger partial charge in [-0.1, -0.05) is 0 Å². The highest BCUT2D eigenvalue weighted by atomic mass is 31.0. The number of hydrogen-bond acceptors (Lipinski definition) is 6. The van der Waals surface area contributed by atoms with Crippen molar-refractivity contribution in [2.75, 3.05) is 18.2 Å². The Morgan fingerprint density at radius 3 is 2.80 bits per heavy atom. The van der Waals surface area contributed by atoms with Crippen molar-refractivity contribution in [3.63, 3.8) is 0 Å². The van der Waals surface area contributed by atoms with Crippen molar-refractivity contribution >= 4 is 21.4 Å². The normalized spacial score (nSPS) is 15.5. The fourth-order valence-electron chi connectivity index (χ4n) is 1.64. The van der Waals surface area contributed by atoms with E-state index in [9.17, 15) is 4.79 Å². The largest absolute Gasteiger partial charge is 0.470 e. The third-order valence-electron chi connectivity index (χ3n) is 2.55. The first-order chi connectivity index (χ1) is 9.37. The van der Waals surface area contributed by atoms with Gasteiger partial charge in [-0.15, -0.1) is 0 Å². The Balaban J connectivity index is 1.80. The quantitative estimate of drug-likeness (QED) is 0.856. The zero-order valence-corrected chi connectivity index (χ0v) is 12.9. The van der Waals surface area contributed by atoms with E-state index < -0.39 is 5.60 Å². The summed E-state index contributed by atoms with van der Waals surface area (Å²) >= 11 is 0. The van der Waals surface area contributed by atoms with E-state index in [-0.39, 0.29) is 12.2 Å². The Bertz CT molecular complexity index is 486. The van der Waals surface area contributed by atoms with Gasteiger partial charge < -0.3 is 19.5 Å². The first kappa shape index (κ1) is 14.8. The molecule has 110 valence electrons. The van der Waals surface area contributed by atoms with Crippen LogP contribution in [0.5, 0.6) is 5.88 Å². The number of likely N-dealkylation sites (tertiary alicyclic amines) is 1. The van der Waals surface area contributed by atoms with Crippen molar-refractivity contribution in [2.45, 2.75) is 32.5 Å². The molecule has 1 amide bonds. The second-order valence-corrected chi connectivity index (χ2v) is 5.78. The third kappa shape index (κ3) is 3.93. The molecular weight excluding hydrogens is 279 g/mol. The number of hydrogen-bond donors (Lipinski definition) is 1. The van der Waals surface area contributed by atoms with Gasteiger partial charge in [0.2, 0.25) is 11.8 Å². The second kappa shape index (κ2) is 5.79. The summed E-state index contributed by atoms with van der Waals surface area (Å²) < 4.78 is 10.9. The van der Waals surface area contributed by atoms with Gasteiger partial charge in [0.15, 0.2) is 0 Å². The number of ether oxygens (including phenoxy) is 2. The maximum absolute atomic E-state index is 11.7. The molecule has 20 heavy (non-hydrogen) atoms. The van der Waals surface area contributed by atoms with Crippen molar-refractivity contribution < 1.29 is 14.3 Å².